The van der Waals surface area contributed by atoms with Crippen molar-refractivity contribution in [3.8, 4) is 0 Å². The standard InChI is InChI=1S/C34H39N2O4/c37-32(28-18-12-8-13-19-28)24-35-23-27-17-9-5-3-1-2-4-6-14-20-31(35)30(22-27)33(38)36-29(25-40-34(36)39)21-26-15-10-7-11-16-26/h7-8,10-13,15-16,18-19,22-23,29H,1-6,9,14,17,20-21,24-25H2/q+1/t29-/m1/s1. The van der Waals surface area contributed by atoms with Gasteiger partial charge in [0.1, 0.15) is 12.2 Å². The molecule has 1 fully saturated rings. The summed E-state index contributed by atoms with van der Waals surface area (Å²) in [6, 6.07) is 20.8. The minimum absolute atomic E-state index is 0.00560. The number of rotatable bonds is 6. The number of amides is 2. The molecule has 2 aliphatic heterocycles. The maximum Gasteiger partial charge on any atom is 0.417 e. The van der Waals surface area contributed by atoms with E-state index in [2.05, 4.69) is 6.20 Å². The number of pyridine rings is 1. The van der Waals surface area contributed by atoms with Gasteiger partial charge in [0.25, 0.3) is 5.91 Å². The van der Waals surface area contributed by atoms with Crippen molar-refractivity contribution in [3.05, 3.63) is 101 Å². The molecule has 0 radical (unpaired) electrons. The fourth-order valence-corrected chi connectivity index (χ4v) is 5.91. The average Bonchev–Trinajstić information content (AvgIpc) is 3.34. The Morgan fingerprint density at radius 2 is 1.45 bits per heavy atom. The number of ether oxygens (including phenoxy) is 1. The van der Waals surface area contributed by atoms with Gasteiger partial charge in [0.2, 0.25) is 12.3 Å². The van der Waals surface area contributed by atoms with E-state index >= 15 is 0 Å². The first kappa shape index (κ1) is 27.8. The Balaban J connectivity index is 1.52. The molecule has 2 amide bonds. The summed E-state index contributed by atoms with van der Waals surface area (Å²) < 4.78 is 7.39. The highest BCUT2D eigenvalue weighted by Gasteiger charge is 2.40. The molecule has 1 aromatic heterocycles. The highest BCUT2D eigenvalue weighted by atomic mass is 16.6. The van der Waals surface area contributed by atoms with Crippen molar-refractivity contribution in [1.82, 2.24) is 4.90 Å². The summed E-state index contributed by atoms with van der Waals surface area (Å²) in [6.45, 7) is 0.340. The summed E-state index contributed by atoms with van der Waals surface area (Å²) in [6.07, 6.45) is 12.6. The number of fused-ring (bicyclic) bond motifs is 11. The van der Waals surface area contributed by atoms with Crippen LogP contribution in [0.5, 0.6) is 0 Å². The molecule has 6 heteroatoms. The smallest absolute Gasteiger partial charge is 0.417 e. The molecule has 6 nitrogen and oxygen atoms in total. The Kier molecular flexibility index (Phi) is 9.38. The maximum atomic E-state index is 14.2. The SMILES string of the molecule is O=C(C[n+]1cc2cc(C(=O)N3C(=O)OC[C@H]3Cc3ccccc3)c1CCCCCCCCCC2)c1ccccc1. The van der Waals surface area contributed by atoms with E-state index in [1.54, 1.807) is 0 Å². The minimum atomic E-state index is -0.594. The minimum Gasteiger partial charge on any atom is -0.447 e. The van der Waals surface area contributed by atoms with Gasteiger partial charge >= 0.3 is 6.09 Å². The van der Waals surface area contributed by atoms with Crippen LogP contribution in [-0.4, -0.2) is 35.3 Å². The Bertz CT molecular complexity index is 1320. The van der Waals surface area contributed by atoms with Crippen molar-refractivity contribution in [1.29, 1.82) is 0 Å². The molecule has 1 aliphatic carbocycles. The Labute approximate surface area is 237 Å². The molecular formula is C34H39N2O4+. The zero-order valence-electron chi connectivity index (χ0n) is 23.2. The summed E-state index contributed by atoms with van der Waals surface area (Å²) in [5.74, 6) is -0.320. The third-order valence-electron chi connectivity index (χ3n) is 8.07. The van der Waals surface area contributed by atoms with Gasteiger partial charge < -0.3 is 4.74 Å². The van der Waals surface area contributed by atoms with Gasteiger partial charge in [0, 0.05) is 17.5 Å². The van der Waals surface area contributed by atoms with E-state index < -0.39 is 6.09 Å². The molecule has 0 unspecified atom stereocenters. The van der Waals surface area contributed by atoms with E-state index in [0.717, 1.165) is 48.9 Å². The predicted octanol–water partition coefficient (Wildman–Crippen LogP) is 6.28. The number of benzene rings is 2. The highest BCUT2D eigenvalue weighted by Crippen LogP contribution is 2.24. The fourth-order valence-electron chi connectivity index (χ4n) is 5.91. The topological polar surface area (TPSA) is 67.6 Å². The Morgan fingerprint density at radius 3 is 2.15 bits per heavy atom. The van der Waals surface area contributed by atoms with Gasteiger partial charge in [-0.1, -0.05) is 99.2 Å². The van der Waals surface area contributed by atoms with Crippen molar-refractivity contribution in [2.24, 2.45) is 0 Å². The number of hydrogen-bond acceptors (Lipinski definition) is 4. The van der Waals surface area contributed by atoms with Crippen LogP contribution < -0.4 is 4.57 Å². The third kappa shape index (κ3) is 6.85. The van der Waals surface area contributed by atoms with Crippen LogP contribution in [-0.2, 0) is 30.5 Å². The molecule has 3 heterocycles. The predicted molar refractivity (Wildman–Crippen MR) is 153 cm³/mol. The molecule has 2 bridgehead atoms. The summed E-state index contributed by atoms with van der Waals surface area (Å²) in [5.41, 5.74) is 4.08. The van der Waals surface area contributed by atoms with Gasteiger partial charge in [0.15, 0.2) is 11.9 Å². The molecule has 208 valence electrons. The van der Waals surface area contributed by atoms with Crippen LogP contribution in [0, 0.1) is 0 Å². The van der Waals surface area contributed by atoms with Gasteiger partial charge in [0.05, 0.1) is 6.04 Å². The van der Waals surface area contributed by atoms with Crippen molar-refractivity contribution < 1.29 is 23.7 Å². The molecule has 40 heavy (non-hydrogen) atoms. The molecule has 2 aromatic carbocycles. The molecule has 0 N–H and O–H groups in total. The number of cyclic esters (lactones) is 1. The summed E-state index contributed by atoms with van der Waals surface area (Å²) in [7, 11) is 0. The summed E-state index contributed by atoms with van der Waals surface area (Å²) in [4.78, 5) is 41.8. The normalized spacial score (nSPS) is 18.2. The molecular weight excluding hydrogens is 500 g/mol. The molecule has 0 spiro atoms. The number of carbonyl (C=O) groups is 3. The molecule has 0 saturated carbocycles. The lowest BCUT2D eigenvalue weighted by Crippen LogP contribution is -2.47. The van der Waals surface area contributed by atoms with Crippen LogP contribution >= 0.6 is 0 Å². The monoisotopic (exact) mass is 539 g/mol. The van der Waals surface area contributed by atoms with Crippen LogP contribution in [0.25, 0.3) is 0 Å². The summed E-state index contributed by atoms with van der Waals surface area (Å²) >= 11 is 0. The van der Waals surface area contributed by atoms with Crippen LogP contribution in [0.15, 0.2) is 72.9 Å². The average molecular weight is 540 g/mol. The van der Waals surface area contributed by atoms with Gasteiger partial charge in [-0.25, -0.2) is 9.69 Å². The first-order valence-electron chi connectivity index (χ1n) is 14.8. The van der Waals surface area contributed by atoms with Crippen LogP contribution in [0.2, 0.25) is 0 Å². The van der Waals surface area contributed by atoms with Crippen LogP contribution in [0.1, 0.15) is 88.9 Å². The number of aromatic nitrogens is 1. The zero-order chi connectivity index (χ0) is 27.7. The van der Waals surface area contributed by atoms with Crippen LogP contribution in [0.4, 0.5) is 4.79 Å². The number of imide groups is 1. The molecule has 1 saturated heterocycles. The van der Waals surface area contributed by atoms with E-state index in [9.17, 15) is 14.4 Å². The van der Waals surface area contributed by atoms with Crippen molar-refractivity contribution in [3.63, 3.8) is 0 Å². The largest absolute Gasteiger partial charge is 0.447 e. The van der Waals surface area contributed by atoms with Gasteiger partial charge in [-0.05, 0) is 37.3 Å². The van der Waals surface area contributed by atoms with E-state index in [1.807, 2.05) is 71.3 Å². The highest BCUT2D eigenvalue weighted by molar-refractivity contribution is 6.04. The first-order valence-corrected chi connectivity index (χ1v) is 14.8. The lowest BCUT2D eigenvalue weighted by atomic mass is 9.97. The van der Waals surface area contributed by atoms with E-state index in [-0.39, 0.29) is 30.9 Å². The van der Waals surface area contributed by atoms with E-state index in [0.29, 0.717) is 24.0 Å². The first-order chi connectivity index (χ1) is 19.6. The molecule has 1 atom stereocenters. The molecule has 3 aromatic rings. The Hall–Kier alpha value is -3.80. The molecule has 6 rings (SSSR count). The number of hydrogen-bond donors (Lipinski definition) is 0. The van der Waals surface area contributed by atoms with Gasteiger partial charge in [-0.2, -0.15) is 4.57 Å². The number of aryl methyl sites for hydroxylation is 1. The van der Waals surface area contributed by atoms with Crippen molar-refractivity contribution in [2.45, 2.75) is 83.2 Å². The number of nitrogens with zero attached hydrogens (tertiary/aromatic N) is 2. The second-order valence-electron chi connectivity index (χ2n) is 11.0. The lowest BCUT2D eigenvalue weighted by Gasteiger charge is -2.21. The van der Waals surface area contributed by atoms with Gasteiger partial charge in [-0.3, -0.25) is 9.59 Å². The number of ketones is 1. The lowest BCUT2D eigenvalue weighted by molar-refractivity contribution is -0.691. The van der Waals surface area contributed by atoms with Gasteiger partial charge in [-0.15, -0.1) is 0 Å². The van der Waals surface area contributed by atoms with Crippen LogP contribution in [0.3, 0.4) is 0 Å². The zero-order valence-corrected chi connectivity index (χ0v) is 23.2. The maximum absolute atomic E-state index is 14.2. The fraction of sp³-hybridized carbons (Fsp3) is 0.412. The second kappa shape index (κ2) is 13.5. The number of carbonyl (C=O) groups excluding carboxylic acids is 3. The van der Waals surface area contributed by atoms with E-state index in [4.69, 9.17) is 4.74 Å². The third-order valence-corrected chi connectivity index (χ3v) is 8.07. The second-order valence-corrected chi connectivity index (χ2v) is 11.0. The Morgan fingerprint density at radius 1 is 0.825 bits per heavy atom. The van der Waals surface area contributed by atoms with E-state index in [1.165, 1.54) is 30.6 Å². The quantitative estimate of drug-likeness (QED) is 0.273. The van der Waals surface area contributed by atoms with Crippen molar-refractivity contribution >= 4 is 17.8 Å². The summed E-state index contributed by atoms with van der Waals surface area (Å²) in [5, 5.41) is 0. The van der Waals surface area contributed by atoms with Crippen molar-refractivity contribution in [2.75, 3.05) is 6.61 Å². The molecule has 3 aliphatic rings. The number of Topliss-reactive ketones (excluding diaryl/α,β-unsaturated/α-hetero) is 1.